The van der Waals surface area contributed by atoms with Gasteiger partial charge in [-0.25, -0.2) is 4.99 Å². The molecule has 0 spiro atoms. The number of rotatable bonds is 8. The molecule has 3 rings (SSSR count). The van der Waals surface area contributed by atoms with Crippen molar-refractivity contribution in [3.8, 4) is 11.5 Å². The number of guanidine groups is 1. The molecular weight excluding hydrogens is 364 g/mol. The van der Waals surface area contributed by atoms with Crippen molar-refractivity contribution in [3.05, 3.63) is 54.1 Å². The van der Waals surface area contributed by atoms with Crippen LogP contribution < -0.4 is 25.0 Å². The fourth-order valence-corrected chi connectivity index (χ4v) is 3.56. The van der Waals surface area contributed by atoms with Crippen molar-refractivity contribution in [1.29, 1.82) is 0 Å². The number of methoxy groups -OCH3 is 2. The molecule has 0 amide bonds. The minimum Gasteiger partial charge on any atom is -0.497 e. The van der Waals surface area contributed by atoms with Gasteiger partial charge < -0.3 is 25.0 Å². The quantitative estimate of drug-likeness (QED) is 0.530. The molecule has 0 radical (unpaired) electrons. The highest BCUT2D eigenvalue weighted by molar-refractivity contribution is 5.79. The second-order valence-electron chi connectivity index (χ2n) is 7.23. The normalized spacial score (nSPS) is 16.6. The molecule has 0 saturated carbocycles. The zero-order valence-corrected chi connectivity index (χ0v) is 17.6. The van der Waals surface area contributed by atoms with E-state index in [2.05, 4.69) is 40.7 Å². The summed E-state index contributed by atoms with van der Waals surface area (Å²) in [6.45, 7) is 6.55. The van der Waals surface area contributed by atoms with Gasteiger partial charge in [-0.15, -0.1) is 0 Å². The van der Waals surface area contributed by atoms with Crippen LogP contribution in [0.25, 0.3) is 0 Å². The molecular formula is C23H32N4O2. The SMILES string of the molecule is CCNC(=NCc1cccc(OC)c1)NCC1CCN(c2cccc(OC)c2)C1. The highest BCUT2D eigenvalue weighted by atomic mass is 16.5. The minimum atomic E-state index is 0.585. The zero-order chi connectivity index (χ0) is 20.5. The molecule has 1 aliphatic heterocycles. The molecule has 2 N–H and O–H groups in total. The number of aliphatic imine (C=N–C) groups is 1. The Morgan fingerprint density at radius 2 is 1.83 bits per heavy atom. The molecule has 1 saturated heterocycles. The number of benzene rings is 2. The van der Waals surface area contributed by atoms with Crippen LogP contribution in [0.1, 0.15) is 18.9 Å². The van der Waals surface area contributed by atoms with Gasteiger partial charge in [0.1, 0.15) is 11.5 Å². The van der Waals surface area contributed by atoms with Gasteiger partial charge in [0.15, 0.2) is 5.96 Å². The van der Waals surface area contributed by atoms with E-state index in [4.69, 9.17) is 14.5 Å². The van der Waals surface area contributed by atoms with Gasteiger partial charge in [0.05, 0.1) is 20.8 Å². The van der Waals surface area contributed by atoms with Crippen molar-refractivity contribution in [3.63, 3.8) is 0 Å². The molecule has 1 fully saturated rings. The van der Waals surface area contributed by atoms with Crippen LogP contribution >= 0.6 is 0 Å². The van der Waals surface area contributed by atoms with E-state index in [-0.39, 0.29) is 0 Å². The number of ether oxygens (including phenoxy) is 2. The van der Waals surface area contributed by atoms with Crippen LogP contribution in [0.4, 0.5) is 5.69 Å². The summed E-state index contributed by atoms with van der Waals surface area (Å²) in [7, 11) is 3.40. The van der Waals surface area contributed by atoms with Gasteiger partial charge in [-0.3, -0.25) is 0 Å². The van der Waals surface area contributed by atoms with E-state index in [0.29, 0.717) is 12.5 Å². The second-order valence-corrected chi connectivity index (χ2v) is 7.23. The fraction of sp³-hybridized carbons (Fsp3) is 0.435. The Morgan fingerprint density at radius 1 is 1.07 bits per heavy atom. The third-order valence-corrected chi connectivity index (χ3v) is 5.16. The van der Waals surface area contributed by atoms with Crippen LogP contribution in [-0.2, 0) is 6.54 Å². The fourth-order valence-electron chi connectivity index (χ4n) is 3.56. The first kappa shape index (κ1) is 20.8. The third kappa shape index (κ3) is 6.04. The molecule has 2 aromatic rings. The molecule has 0 aliphatic carbocycles. The molecule has 2 aromatic carbocycles. The van der Waals surface area contributed by atoms with E-state index in [1.807, 2.05) is 30.3 Å². The lowest BCUT2D eigenvalue weighted by molar-refractivity contribution is 0.414. The standard InChI is InChI=1S/C23H32N4O2/c1-4-24-23(25-15-18-7-5-9-21(13-18)28-2)26-16-19-11-12-27(17-19)20-8-6-10-22(14-20)29-3/h5-10,13-14,19H,4,11-12,15-17H2,1-3H3,(H2,24,25,26). The largest absolute Gasteiger partial charge is 0.497 e. The summed E-state index contributed by atoms with van der Waals surface area (Å²) < 4.78 is 10.6. The maximum Gasteiger partial charge on any atom is 0.191 e. The van der Waals surface area contributed by atoms with E-state index >= 15 is 0 Å². The Hall–Kier alpha value is -2.89. The number of nitrogens with zero attached hydrogens (tertiary/aromatic N) is 2. The van der Waals surface area contributed by atoms with E-state index in [1.54, 1.807) is 14.2 Å². The van der Waals surface area contributed by atoms with Gasteiger partial charge >= 0.3 is 0 Å². The van der Waals surface area contributed by atoms with Crippen molar-refractivity contribution in [2.45, 2.75) is 19.9 Å². The third-order valence-electron chi connectivity index (χ3n) is 5.16. The Bertz CT molecular complexity index is 809. The van der Waals surface area contributed by atoms with Crippen molar-refractivity contribution in [1.82, 2.24) is 10.6 Å². The highest BCUT2D eigenvalue weighted by Crippen LogP contribution is 2.26. The van der Waals surface area contributed by atoms with Gasteiger partial charge in [0.25, 0.3) is 0 Å². The molecule has 6 heteroatoms. The Labute approximate surface area is 173 Å². The van der Waals surface area contributed by atoms with E-state index < -0.39 is 0 Å². The molecule has 29 heavy (non-hydrogen) atoms. The van der Waals surface area contributed by atoms with Crippen LogP contribution in [0.3, 0.4) is 0 Å². The molecule has 156 valence electrons. The minimum absolute atomic E-state index is 0.585. The monoisotopic (exact) mass is 396 g/mol. The average Bonchev–Trinajstić information content (AvgIpc) is 3.25. The van der Waals surface area contributed by atoms with Gasteiger partial charge in [0.2, 0.25) is 0 Å². The van der Waals surface area contributed by atoms with Gasteiger partial charge in [-0.05, 0) is 49.1 Å². The first-order chi connectivity index (χ1) is 14.2. The predicted molar refractivity (Wildman–Crippen MR) is 119 cm³/mol. The van der Waals surface area contributed by atoms with Crippen LogP contribution in [0, 0.1) is 5.92 Å². The summed E-state index contributed by atoms with van der Waals surface area (Å²) in [6.07, 6.45) is 1.17. The topological polar surface area (TPSA) is 58.1 Å². The highest BCUT2D eigenvalue weighted by Gasteiger charge is 2.23. The first-order valence-electron chi connectivity index (χ1n) is 10.3. The second kappa shape index (κ2) is 10.6. The smallest absolute Gasteiger partial charge is 0.191 e. The predicted octanol–water partition coefficient (Wildman–Crippen LogP) is 3.29. The van der Waals surface area contributed by atoms with Crippen LogP contribution in [0.15, 0.2) is 53.5 Å². The van der Waals surface area contributed by atoms with E-state index in [9.17, 15) is 0 Å². The average molecular weight is 397 g/mol. The van der Waals surface area contributed by atoms with Crippen LogP contribution in [0.5, 0.6) is 11.5 Å². The number of anilines is 1. The van der Waals surface area contributed by atoms with Crippen molar-refractivity contribution < 1.29 is 9.47 Å². The molecule has 1 atom stereocenters. The van der Waals surface area contributed by atoms with Gasteiger partial charge in [-0.1, -0.05) is 18.2 Å². The van der Waals surface area contributed by atoms with Gasteiger partial charge in [0, 0.05) is 37.9 Å². The lowest BCUT2D eigenvalue weighted by Gasteiger charge is -2.20. The summed E-state index contributed by atoms with van der Waals surface area (Å²) in [5.74, 6) is 3.21. The van der Waals surface area contributed by atoms with E-state index in [0.717, 1.165) is 49.2 Å². The Morgan fingerprint density at radius 3 is 2.59 bits per heavy atom. The van der Waals surface area contributed by atoms with Crippen LogP contribution in [0.2, 0.25) is 0 Å². The number of nitrogens with one attached hydrogen (secondary N) is 2. The van der Waals surface area contributed by atoms with Crippen molar-refractivity contribution >= 4 is 11.6 Å². The molecule has 6 nitrogen and oxygen atoms in total. The maximum absolute atomic E-state index is 5.35. The van der Waals surface area contributed by atoms with Crippen molar-refractivity contribution in [2.24, 2.45) is 10.9 Å². The molecule has 1 unspecified atom stereocenters. The summed E-state index contributed by atoms with van der Waals surface area (Å²) in [5.41, 5.74) is 2.36. The number of hydrogen-bond acceptors (Lipinski definition) is 4. The summed E-state index contributed by atoms with van der Waals surface area (Å²) in [6, 6.07) is 16.3. The summed E-state index contributed by atoms with van der Waals surface area (Å²) in [5, 5.41) is 6.85. The lowest BCUT2D eigenvalue weighted by atomic mass is 10.1. The zero-order valence-electron chi connectivity index (χ0n) is 17.6. The summed E-state index contributed by atoms with van der Waals surface area (Å²) in [4.78, 5) is 7.15. The first-order valence-corrected chi connectivity index (χ1v) is 10.3. The Kier molecular flexibility index (Phi) is 7.61. The summed E-state index contributed by atoms with van der Waals surface area (Å²) >= 11 is 0. The van der Waals surface area contributed by atoms with E-state index in [1.165, 1.54) is 12.1 Å². The molecule has 1 aliphatic rings. The molecule has 0 bridgehead atoms. The molecule has 1 heterocycles. The molecule has 0 aromatic heterocycles. The number of hydrogen-bond donors (Lipinski definition) is 2. The lowest BCUT2D eigenvalue weighted by Crippen LogP contribution is -2.40. The van der Waals surface area contributed by atoms with Gasteiger partial charge in [-0.2, -0.15) is 0 Å². The van der Waals surface area contributed by atoms with Crippen molar-refractivity contribution in [2.75, 3.05) is 45.3 Å². The van der Waals surface area contributed by atoms with Crippen LogP contribution in [-0.4, -0.2) is 46.4 Å². The maximum atomic E-state index is 5.35. The Balaban J connectivity index is 1.53.